The molecule has 1 rings (SSSR count). The predicted molar refractivity (Wildman–Crippen MR) is 85.7 cm³/mol. The third-order valence-corrected chi connectivity index (χ3v) is 3.89. The zero-order chi connectivity index (χ0) is 15.1. The first kappa shape index (κ1) is 16.8. The molecule has 0 saturated carbocycles. The van der Waals surface area contributed by atoms with Gasteiger partial charge in [-0.05, 0) is 30.9 Å². The highest BCUT2D eigenvalue weighted by molar-refractivity contribution is 9.10. The number of hydrogen-bond donors (Lipinski definition) is 3. The summed E-state index contributed by atoms with van der Waals surface area (Å²) in [7, 11) is 0. The van der Waals surface area contributed by atoms with E-state index in [1.165, 1.54) is 6.07 Å². The van der Waals surface area contributed by atoms with Crippen LogP contribution in [0.1, 0.15) is 23.7 Å². The van der Waals surface area contributed by atoms with Gasteiger partial charge in [-0.2, -0.15) is 11.8 Å². The van der Waals surface area contributed by atoms with Crippen LogP contribution in [0.3, 0.4) is 0 Å². The minimum absolute atomic E-state index is 0.0567. The Balaban J connectivity index is 2.79. The van der Waals surface area contributed by atoms with Crippen LogP contribution in [0.2, 0.25) is 0 Å². The van der Waals surface area contributed by atoms with Crippen LogP contribution in [0.15, 0.2) is 22.7 Å². The Hall–Kier alpha value is -1.21. The molecule has 0 bridgehead atoms. The number of aromatic carboxylic acids is 1. The summed E-state index contributed by atoms with van der Waals surface area (Å²) in [6.45, 7) is 1.99. The summed E-state index contributed by atoms with van der Waals surface area (Å²) < 4.78 is 0.703. The second kappa shape index (κ2) is 8.16. The van der Waals surface area contributed by atoms with Crippen molar-refractivity contribution in [1.29, 1.82) is 0 Å². The van der Waals surface area contributed by atoms with Gasteiger partial charge in [-0.15, -0.1) is 0 Å². The molecular formula is C13H17BrN2O3S. The standard InChI is InChI=1S/C13H17BrN2O3S/c1-3-9(7-20-2)15-13(19)16-11-6-8(14)4-5-10(11)12(17)18/h4-6,9H,3,7H2,1-2H3,(H,17,18)(H2,15,16,19). The van der Waals surface area contributed by atoms with Gasteiger partial charge >= 0.3 is 12.0 Å². The van der Waals surface area contributed by atoms with Gasteiger partial charge in [0.15, 0.2) is 0 Å². The third kappa shape index (κ3) is 5.05. The fourth-order valence-electron chi connectivity index (χ4n) is 1.61. The molecule has 110 valence electrons. The Kier molecular flexibility index (Phi) is 6.87. The lowest BCUT2D eigenvalue weighted by molar-refractivity contribution is 0.0698. The molecule has 7 heteroatoms. The molecule has 2 amide bonds. The lowest BCUT2D eigenvalue weighted by atomic mass is 10.2. The monoisotopic (exact) mass is 360 g/mol. The molecule has 20 heavy (non-hydrogen) atoms. The number of carbonyl (C=O) groups is 2. The van der Waals surface area contributed by atoms with Crippen LogP contribution in [0.25, 0.3) is 0 Å². The molecule has 5 nitrogen and oxygen atoms in total. The number of benzene rings is 1. The number of rotatable bonds is 6. The normalized spacial score (nSPS) is 11.8. The molecule has 1 atom stereocenters. The number of carbonyl (C=O) groups excluding carboxylic acids is 1. The van der Waals surface area contributed by atoms with Crippen molar-refractivity contribution in [3.63, 3.8) is 0 Å². The number of urea groups is 1. The van der Waals surface area contributed by atoms with Gasteiger partial charge in [0.2, 0.25) is 0 Å². The topological polar surface area (TPSA) is 78.4 Å². The Bertz CT molecular complexity index is 497. The minimum atomic E-state index is -1.08. The van der Waals surface area contributed by atoms with Crippen molar-refractivity contribution in [3.05, 3.63) is 28.2 Å². The molecule has 0 aliphatic rings. The van der Waals surface area contributed by atoms with Gasteiger partial charge in [0.25, 0.3) is 0 Å². The van der Waals surface area contributed by atoms with E-state index in [1.807, 2.05) is 13.2 Å². The molecule has 0 aliphatic heterocycles. The summed E-state index contributed by atoms with van der Waals surface area (Å²) in [6.07, 6.45) is 2.79. The van der Waals surface area contributed by atoms with Gasteiger partial charge in [-0.3, -0.25) is 0 Å². The van der Waals surface area contributed by atoms with E-state index in [1.54, 1.807) is 23.9 Å². The van der Waals surface area contributed by atoms with Gasteiger partial charge in [0.05, 0.1) is 11.3 Å². The molecule has 1 unspecified atom stereocenters. The van der Waals surface area contributed by atoms with Crippen LogP contribution in [0, 0.1) is 0 Å². The number of carboxylic acid groups (broad SMARTS) is 1. The molecule has 3 N–H and O–H groups in total. The zero-order valence-corrected chi connectivity index (χ0v) is 13.7. The number of thioether (sulfide) groups is 1. The van der Waals surface area contributed by atoms with E-state index >= 15 is 0 Å². The average molecular weight is 361 g/mol. The molecule has 0 heterocycles. The molecule has 0 spiro atoms. The predicted octanol–water partition coefficient (Wildman–Crippen LogP) is 3.41. The zero-order valence-electron chi connectivity index (χ0n) is 11.3. The Morgan fingerprint density at radius 2 is 2.15 bits per heavy atom. The summed E-state index contributed by atoms with van der Waals surface area (Å²) in [6, 6.07) is 4.30. The van der Waals surface area contributed by atoms with Crippen molar-refractivity contribution < 1.29 is 14.7 Å². The fourth-order valence-corrected chi connectivity index (χ4v) is 2.70. The first-order valence-corrected chi connectivity index (χ1v) is 8.25. The van der Waals surface area contributed by atoms with Crippen LogP contribution in [0.4, 0.5) is 10.5 Å². The lowest BCUT2D eigenvalue weighted by Gasteiger charge is -2.17. The summed E-state index contributed by atoms with van der Waals surface area (Å²) in [5, 5.41) is 14.5. The SMILES string of the molecule is CCC(CSC)NC(=O)Nc1cc(Br)ccc1C(=O)O. The maximum atomic E-state index is 11.9. The second-order valence-corrected chi connectivity index (χ2v) is 5.98. The smallest absolute Gasteiger partial charge is 0.337 e. The quantitative estimate of drug-likeness (QED) is 0.726. The van der Waals surface area contributed by atoms with Crippen LogP contribution in [0.5, 0.6) is 0 Å². The fraction of sp³-hybridized carbons (Fsp3) is 0.385. The maximum absolute atomic E-state index is 11.9. The summed E-state index contributed by atoms with van der Waals surface area (Å²) in [4.78, 5) is 23.0. The Morgan fingerprint density at radius 1 is 1.45 bits per heavy atom. The van der Waals surface area contributed by atoms with Crippen molar-refractivity contribution in [3.8, 4) is 0 Å². The maximum Gasteiger partial charge on any atom is 0.337 e. The molecule has 0 aliphatic carbocycles. The van der Waals surface area contributed by atoms with Crippen molar-refractivity contribution in [2.75, 3.05) is 17.3 Å². The number of hydrogen-bond acceptors (Lipinski definition) is 3. The van der Waals surface area contributed by atoms with E-state index in [4.69, 9.17) is 5.11 Å². The number of carboxylic acids is 1. The van der Waals surface area contributed by atoms with Gasteiger partial charge in [0.1, 0.15) is 0 Å². The molecule has 0 aromatic heterocycles. The van der Waals surface area contributed by atoms with Crippen molar-refractivity contribution >= 4 is 45.4 Å². The second-order valence-electron chi connectivity index (χ2n) is 4.15. The number of halogens is 1. The van der Waals surface area contributed by atoms with E-state index in [-0.39, 0.29) is 17.3 Å². The highest BCUT2D eigenvalue weighted by Crippen LogP contribution is 2.21. The summed E-state index contributed by atoms with van der Waals surface area (Å²) >= 11 is 4.91. The Labute approximate surface area is 130 Å². The van der Waals surface area contributed by atoms with Crippen LogP contribution < -0.4 is 10.6 Å². The Morgan fingerprint density at radius 3 is 2.70 bits per heavy atom. The van der Waals surface area contributed by atoms with Crippen LogP contribution in [-0.4, -0.2) is 35.2 Å². The highest BCUT2D eigenvalue weighted by Gasteiger charge is 2.14. The minimum Gasteiger partial charge on any atom is -0.478 e. The summed E-state index contributed by atoms with van der Waals surface area (Å²) in [5.41, 5.74) is 0.324. The van der Waals surface area contributed by atoms with Gasteiger partial charge in [0, 0.05) is 16.3 Å². The third-order valence-electron chi connectivity index (χ3n) is 2.66. The molecule has 0 radical (unpaired) electrons. The first-order valence-electron chi connectivity index (χ1n) is 6.07. The number of amides is 2. The van der Waals surface area contributed by atoms with Crippen molar-refractivity contribution in [2.45, 2.75) is 19.4 Å². The van der Waals surface area contributed by atoms with Crippen molar-refractivity contribution in [1.82, 2.24) is 5.32 Å². The van der Waals surface area contributed by atoms with Gasteiger partial charge in [-0.25, -0.2) is 9.59 Å². The molecule has 1 aromatic carbocycles. The number of nitrogens with one attached hydrogen (secondary N) is 2. The summed E-state index contributed by atoms with van der Waals surface area (Å²) in [5.74, 6) is -0.266. The van der Waals surface area contributed by atoms with E-state index < -0.39 is 12.0 Å². The largest absolute Gasteiger partial charge is 0.478 e. The van der Waals surface area contributed by atoms with Gasteiger partial charge < -0.3 is 15.7 Å². The van der Waals surface area contributed by atoms with E-state index in [2.05, 4.69) is 26.6 Å². The molecule has 0 fully saturated rings. The number of anilines is 1. The van der Waals surface area contributed by atoms with Crippen LogP contribution in [-0.2, 0) is 0 Å². The lowest BCUT2D eigenvalue weighted by Crippen LogP contribution is -2.39. The van der Waals surface area contributed by atoms with Crippen LogP contribution >= 0.6 is 27.7 Å². The first-order chi connectivity index (χ1) is 9.47. The van der Waals surface area contributed by atoms with E-state index in [0.29, 0.717) is 4.47 Å². The highest BCUT2D eigenvalue weighted by atomic mass is 79.9. The van der Waals surface area contributed by atoms with Crippen molar-refractivity contribution in [2.24, 2.45) is 0 Å². The van der Waals surface area contributed by atoms with E-state index in [9.17, 15) is 9.59 Å². The average Bonchev–Trinajstić information content (AvgIpc) is 2.37. The molecular weight excluding hydrogens is 344 g/mol. The van der Waals surface area contributed by atoms with E-state index in [0.717, 1.165) is 12.2 Å². The van der Waals surface area contributed by atoms with Gasteiger partial charge in [-0.1, -0.05) is 22.9 Å². The molecule has 0 saturated heterocycles. The molecule has 1 aromatic rings.